The lowest BCUT2D eigenvalue weighted by molar-refractivity contribution is -0.143. The van der Waals surface area contributed by atoms with Crippen molar-refractivity contribution < 1.29 is 9.90 Å². The fourth-order valence-corrected chi connectivity index (χ4v) is 0.309. The second kappa shape index (κ2) is 3.09. The third-order valence-electron chi connectivity index (χ3n) is 0.757. The monoisotopic (exact) mass is 111 g/mol. The molecule has 0 aliphatic heterocycles. The van der Waals surface area contributed by atoms with Gasteiger partial charge >= 0.3 is 5.97 Å². The zero-order valence-electron chi connectivity index (χ0n) is 4.68. The number of hydrogen-bond donors (Lipinski definition) is 0. The molecule has 43 valence electrons. The molecule has 0 fully saturated rings. The minimum absolute atomic E-state index is 0.0451. The van der Waals surface area contributed by atoms with E-state index in [9.17, 15) is 9.90 Å². The van der Waals surface area contributed by atoms with Crippen LogP contribution in [-0.2, 0) is 9.90 Å². The van der Waals surface area contributed by atoms with Crippen LogP contribution < -0.4 is 0 Å². The van der Waals surface area contributed by atoms with Gasteiger partial charge in [-0.3, -0.25) is 0 Å². The minimum Gasteiger partial charge on any atom is -0.247 e. The first-order valence-electron chi connectivity index (χ1n) is 2.32. The van der Waals surface area contributed by atoms with Gasteiger partial charge in [0.05, 0.1) is 6.42 Å². The molecule has 8 heavy (non-hydrogen) atoms. The van der Waals surface area contributed by atoms with E-state index in [4.69, 9.17) is 6.42 Å². The highest BCUT2D eigenvalue weighted by Crippen LogP contribution is 1.97. The molecular formula is C6H7O2. The van der Waals surface area contributed by atoms with E-state index in [1.165, 1.54) is 0 Å². The number of carbonyl (C=O) groups excluding carboxylic acids is 1. The highest BCUT2D eigenvalue weighted by molar-refractivity contribution is 5.66. The van der Waals surface area contributed by atoms with Gasteiger partial charge in [0.1, 0.15) is 0 Å². The number of rotatable bonds is 2. The Morgan fingerprint density at radius 1 is 1.88 bits per heavy atom. The number of hydrogen-bond acceptors (Lipinski definition) is 1. The van der Waals surface area contributed by atoms with Crippen molar-refractivity contribution in [2.75, 3.05) is 0 Å². The molecule has 0 bridgehead atoms. The Morgan fingerprint density at radius 2 is 2.38 bits per heavy atom. The predicted molar refractivity (Wildman–Crippen MR) is 28.3 cm³/mol. The largest absolute Gasteiger partial charge is 0.356 e. The summed E-state index contributed by atoms with van der Waals surface area (Å²) in [5.41, 5.74) is 0. The van der Waals surface area contributed by atoms with Crippen molar-refractivity contribution >= 4 is 5.97 Å². The lowest BCUT2D eigenvalue weighted by Crippen LogP contribution is -1.99. The van der Waals surface area contributed by atoms with E-state index in [2.05, 4.69) is 5.92 Å². The third kappa shape index (κ3) is 3.23. The van der Waals surface area contributed by atoms with Crippen molar-refractivity contribution in [3.05, 3.63) is 0 Å². The van der Waals surface area contributed by atoms with E-state index in [1.807, 2.05) is 0 Å². The van der Waals surface area contributed by atoms with Gasteiger partial charge in [-0.2, -0.15) is 0 Å². The lowest BCUT2D eigenvalue weighted by Gasteiger charge is -1.92. The molecule has 2 heteroatoms. The molecule has 0 aromatic heterocycles. The number of terminal acetylenes is 1. The maximum atomic E-state index is 9.76. The zero-order chi connectivity index (χ0) is 6.57. The van der Waals surface area contributed by atoms with Crippen LogP contribution >= 0.6 is 0 Å². The Kier molecular flexibility index (Phi) is 2.71. The van der Waals surface area contributed by atoms with Gasteiger partial charge in [0.2, 0.25) is 0 Å². The first-order chi connectivity index (χ1) is 3.66. The van der Waals surface area contributed by atoms with Crippen LogP contribution in [0.4, 0.5) is 0 Å². The van der Waals surface area contributed by atoms with Crippen molar-refractivity contribution in [3.8, 4) is 12.3 Å². The Bertz CT molecular complexity index is 121. The van der Waals surface area contributed by atoms with Gasteiger partial charge in [-0.15, -0.1) is 12.3 Å². The first kappa shape index (κ1) is 7.03. The average Bonchev–Trinajstić information content (AvgIpc) is 1.65. The summed E-state index contributed by atoms with van der Waals surface area (Å²) in [6.07, 6.45) is 4.83. The highest BCUT2D eigenvalue weighted by Gasteiger charge is 2.03. The molecule has 0 aliphatic rings. The zero-order valence-corrected chi connectivity index (χ0v) is 4.68. The van der Waals surface area contributed by atoms with Gasteiger partial charge in [-0.1, -0.05) is 6.92 Å². The van der Waals surface area contributed by atoms with E-state index in [1.54, 1.807) is 6.92 Å². The molecule has 0 saturated carbocycles. The van der Waals surface area contributed by atoms with Crippen LogP contribution in [0.5, 0.6) is 0 Å². The summed E-state index contributed by atoms with van der Waals surface area (Å²) < 4.78 is 0. The Labute approximate surface area is 48.5 Å². The Balaban J connectivity index is 3.43. The van der Waals surface area contributed by atoms with Crippen LogP contribution in [0.2, 0.25) is 0 Å². The van der Waals surface area contributed by atoms with Gasteiger partial charge < -0.3 is 0 Å². The normalized spacial score (nSPS) is 12.0. The van der Waals surface area contributed by atoms with Gasteiger partial charge in [-0.05, 0) is 0 Å². The van der Waals surface area contributed by atoms with Crippen molar-refractivity contribution in [1.82, 2.24) is 0 Å². The summed E-state index contributed by atoms with van der Waals surface area (Å²) in [6, 6.07) is 0. The summed E-state index contributed by atoms with van der Waals surface area (Å²) in [6.45, 7) is 1.66. The third-order valence-corrected chi connectivity index (χ3v) is 0.757. The van der Waals surface area contributed by atoms with Crippen LogP contribution in [-0.4, -0.2) is 5.97 Å². The van der Waals surface area contributed by atoms with Crippen LogP contribution in [0.1, 0.15) is 13.3 Å². The molecule has 0 heterocycles. The minimum atomic E-state index is -1.09. The van der Waals surface area contributed by atoms with E-state index >= 15 is 0 Å². The predicted octanol–water partition coefficient (Wildman–Crippen LogP) is 0.603. The molecule has 0 spiro atoms. The van der Waals surface area contributed by atoms with Crippen LogP contribution in [0, 0.1) is 18.3 Å². The van der Waals surface area contributed by atoms with Crippen LogP contribution in [0.3, 0.4) is 0 Å². The summed E-state index contributed by atoms with van der Waals surface area (Å²) in [4.78, 5) is 9.76. The maximum Gasteiger partial charge on any atom is 0.356 e. The smallest absolute Gasteiger partial charge is 0.247 e. The molecule has 1 atom stereocenters. The molecule has 0 rings (SSSR count). The van der Waals surface area contributed by atoms with Crippen LogP contribution in [0.15, 0.2) is 0 Å². The Hall–Kier alpha value is -0.970. The topological polar surface area (TPSA) is 37.0 Å². The molecule has 0 saturated heterocycles. The molecule has 2 nitrogen and oxygen atoms in total. The number of carbonyl (C=O) groups is 1. The van der Waals surface area contributed by atoms with Gasteiger partial charge in [0, 0.05) is 5.92 Å². The summed E-state index contributed by atoms with van der Waals surface area (Å²) >= 11 is 0. The maximum absolute atomic E-state index is 9.76. The second-order valence-electron chi connectivity index (χ2n) is 1.64. The van der Waals surface area contributed by atoms with Gasteiger partial charge in [0.25, 0.3) is 0 Å². The van der Waals surface area contributed by atoms with Crippen molar-refractivity contribution in [3.63, 3.8) is 0 Å². The Morgan fingerprint density at radius 3 is 2.50 bits per heavy atom. The SMILES string of the molecule is C#CC(C)CC([O])=O. The molecule has 1 radical (unpaired) electrons. The van der Waals surface area contributed by atoms with Crippen molar-refractivity contribution in [2.45, 2.75) is 13.3 Å². The lowest BCUT2D eigenvalue weighted by atomic mass is 10.1. The molecule has 0 amide bonds. The fraction of sp³-hybridized carbons (Fsp3) is 0.500. The molecular weight excluding hydrogens is 104 g/mol. The molecule has 0 aromatic rings. The summed E-state index contributed by atoms with van der Waals surface area (Å²) in [5, 5.41) is 9.76. The highest BCUT2D eigenvalue weighted by atomic mass is 16.4. The van der Waals surface area contributed by atoms with Crippen molar-refractivity contribution in [1.29, 1.82) is 0 Å². The van der Waals surface area contributed by atoms with E-state index in [-0.39, 0.29) is 12.3 Å². The molecule has 0 aliphatic carbocycles. The van der Waals surface area contributed by atoms with Gasteiger partial charge in [0.15, 0.2) is 0 Å². The van der Waals surface area contributed by atoms with Crippen molar-refractivity contribution in [2.24, 2.45) is 5.92 Å². The quantitative estimate of drug-likeness (QED) is 0.481. The van der Waals surface area contributed by atoms with E-state index in [0.29, 0.717) is 0 Å². The summed E-state index contributed by atoms with van der Waals surface area (Å²) in [7, 11) is 0. The summed E-state index contributed by atoms with van der Waals surface area (Å²) in [5.74, 6) is 0.980. The first-order valence-corrected chi connectivity index (χ1v) is 2.32. The molecule has 0 aromatic carbocycles. The molecule has 1 unspecified atom stereocenters. The van der Waals surface area contributed by atoms with Crippen LogP contribution in [0.25, 0.3) is 0 Å². The molecule has 0 N–H and O–H groups in total. The standard InChI is InChI=1S/C6H7O2/c1-3-5(2)4-6(7)8/h1,5H,4H2,2H3. The van der Waals surface area contributed by atoms with E-state index in [0.717, 1.165) is 0 Å². The van der Waals surface area contributed by atoms with Gasteiger partial charge in [-0.25, -0.2) is 9.90 Å². The second-order valence-corrected chi connectivity index (χ2v) is 1.64. The fourth-order valence-electron chi connectivity index (χ4n) is 0.309. The average molecular weight is 111 g/mol. The van der Waals surface area contributed by atoms with E-state index < -0.39 is 5.97 Å².